The first-order valence-electron chi connectivity index (χ1n) is 8.28. The van der Waals surface area contributed by atoms with Gasteiger partial charge < -0.3 is 14.6 Å². The Morgan fingerprint density at radius 3 is 2.68 bits per heavy atom. The standard InChI is InChI=1S/C18H22N2O5/c1-4-25-17(22)15-13(10-5-7-11(24-3)8-6-10)14-12(9-18(15,2)23)19-20-16(14)21/h5-8,13-15,23H,4,9H2,1-3H3,(H,20,21)/t13-,14+,15+,18+/m1/s1. The number of fused-ring (bicyclic) bond motifs is 1. The lowest BCUT2D eigenvalue weighted by Crippen LogP contribution is -2.54. The van der Waals surface area contributed by atoms with E-state index in [9.17, 15) is 14.7 Å². The number of hydrogen-bond donors (Lipinski definition) is 2. The first kappa shape index (κ1) is 17.4. The number of carbonyl (C=O) groups excluding carboxylic acids is 2. The molecule has 3 rings (SSSR count). The lowest BCUT2D eigenvalue weighted by atomic mass is 9.61. The summed E-state index contributed by atoms with van der Waals surface area (Å²) in [6, 6.07) is 7.15. The predicted octanol–water partition coefficient (Wildman–Crippen LogP) is 1.21. The van der Waals surface area contributed by atoms with Crippen molar-refractivity contribution >= 4 is 17.6 Å². The van der Waals surface area contributed by atoms with Crippen LogP contribution >= 0.6 is 0 Å². The number of rotatable bonds is 4. The second-order valence-electron chi connectivity index (χ2n) is 6.62. The highest BCUT2D eigenvalue weighted by Gasteiger charge is 2.57. The second kappa shape index (κ2) is 6.48. The van der Waals surface area contributed by atoms with Gasteiger partial charge in [-0.25, -0.2) is 5.43 Å². The Bertz CT molecular complexity index is 711. The number of aliphatic hydroxyl groups is 1. The monoisotopic (exact) mass is 346 g/mol. The zero-order chi connectivity index (χ0) is 18.2. The molecule has 4 atom stereocenters. The van der Waals surface area contributed by atoms with Gasteiger partial charge >= 0.3 is 5.97 Å². The van der Waals surface area contributed by atoms with E-state index in [0.29, 0.717) is 11.5 Å². The average molecular weight is 346 g/mol. The van der Waals surface area contributed by atoms with Crippen molar-refractivity contribution in [3.8, 4) is 5.75 Å². The zero-order valence-electron chi connectivity index (χ0n) is 14.5. The molecule has 0 saturated heterocycles. The van der Waals surface area contributed by atoms with Crippen LogP contribution in [0.4, 0.5) is 0 Å². The summed E-state index contributed by atoms with van der Waals surface area (Å²) in [7, 11) is 1.57. The molecule has 2 N–H and O–H groups in total. The third-order valence-electron chi connectivity index (χ3n) is 4.92. The van der Waals surface area contributed by atoms with E-state index >= 15 is 0 Å². The molecule has 7 nitrogen and oxygen atoms in total. The van der Waals surface area contributed by atoms with Crippen molar-refractivity contribution in [3.63, 3.8) is 0 Å². The highest BCUT2D eigenvalue weighted by atomic mass is 16.5. The number of benzene rings is 1. The lowest BCUT2D eigenvalue weighted by molar-refractivity contribution is -0.160. The van der Waals surface area contributed by atoms with E-state index in [-0.39, 0.29) is 18.9 Å². The van der Waals surface area contributed by atoms with Gasteiger partial charge in [-0.15, -0.1) is 0 Å². The van der Waals surface area contributed by atoms with Crippen molar-refractivity contribution < 1.29 is 24.2 Å². The van der Waals surface area contributed by atoms with Crippen molar-refractivity contribution in [2.45, 2.75) is 31.8 Å². The molecule has 0 radical (unpaired) electrons. The van der Waals surface area contributed by atoms with Crippen molar-refractivity contribution in [2.24, 2.45) is 16.9 Å². The summed E-state index contributed by atoms with van der Waals surface area (Å²) >= 11 is 0. The summed E-state index contributed by atoms with van der Waals surface area (Å²) in [5, 5.41) is 15.0. The van der Waals surface area contributed by atoms with Crippen LogP contribution in [0.2, 0.25) is 0 Å². The van der Waals surface area contributed by atoms with Crippen LogP contribution in [0.5, 0.6) is 5.75 Å². The molecule has 0 spiro atoms. The fourth-order valence-electron chi connectivity index (χ4n) is 3.84. The number of carbonyl (C=O) groups is 2. The number of hydrogen-bond acceptors (Lipinski definition) is 6. The van der Waals surface area contributed by atoms with Crippen LogP contribution in [0.1, 0.15) is 31.7 Å². The van der Waals surface area contributed by atoms with Gasteiger partial charge in [0, 0.05) is 12.3 Å². The Hall–Kier alpha value is -2.41. The normalized spacial score (nSPS) is 31.0. The predicted molar refractivity (Wildman–Crippen MR) is 90.2 cm³/mol. The third-order valence-corrected chi connectivity index (χ3v) is 4.92. The van der Waals surface area contributed by atoms with Crippen LogP contribution in [-0.4, -0.2) is 42.0 Å². The minimum absolute atomic E-state index is 0.145. The fraction of sp³-hybridized carbons (Fsp3) is 0.500. The van der Waals surface area contributed by atoms with Crippen molar-refractivity contribution in [2.75, 3.05) is 13.7 Å². The molecule has 134 valence electrons. The molecule has 1 saturated carbocycles. The van der Waals surface area contributed by atoms with Gasteiger partial charge in [-0.1, -0.05) is 12.1 Å². The largest absolute Gasteiger partial charge is 0.497 e. The van der Waals surface area contributed by atoms with Gasteiger partial charge in [-0.2, -0.15) is 5.10 Å². The van der Waals surface area contributed by atoms with Gasteiger partial charge in [0.1, 0.15) is 5.75 Å². The molecule has 1 aliphatic heterocycles. The summed E-state index contributed by atoms with van der Waals surface area (Å²) in [5.41, 5.74) is 2.44. The Labute approximate surface area is 146 Å². The summed E-state index contributed by atoms with van der Waals surface area (Å²) in [6.07, 6.45) is 0.145. The summed E-state index contributed by atoms with van der Waals surface area (Å²) in [5.74, 6) is -2.12. The highest BCUT2D eigenvalue weighted by molar-refractivity contribution is 6.10. The smallest absolute Gasteiger partial charge is 0.312 e. The van der Waals surface area contributed by atoms with E-state index < -0.39 is 29.3 Å². The Morgan fingerprint density at radius 2 is 2.08 bits per heavy atom. The molecular weight excluding hydrogens is 324 g/mol. The average Bonchev–Trinajstić information content (AvgIpc) is 2.93. The van der Waals surface area contributed by atoms with Crippen LogP contribution in [-0.2, 0) is 14.3 Å². The second-order valence-corrected chi connectivity index (χ2v) is 6.62. The number of nitrogens with zero attached hydrogens (tertiary/aromatic N) is 1. The minimum Gasteiger partial charge on any atom is -0.497 e. The number of hydrazone groups is 1. The van der Waals surface area contributed by atoms with Gasteiger partial charge in [0.2, 0.25) is 5.91 Å². The van der Waals surface area contributed by atoms with Gasteiger partial charge in [-0.3, -0.25) is 9.59 Å². The van der Waals surface area contributed by atoms with Crippen molar-refractivity contribution in [3.05, 3.63) is 29.8 Å². The van der Waals surface area contributed by atoms with E-state index in [1.54, 1.807) is 45.2 Å². The molecule has 1 aliphatic carbocycles. The molecule has 1 aromatic carbocycles. The van der Waals surface area contributed by atoms with E-state index in [4.69, 9.17) is 9.47 Å². The number of ether oxygens (including phenoxy) is 2. The van der Waals surface area contributed by atoms with E-state index in [2.05, 4.69) is 10.5 Å². The van der Waals surface area contributed by atoms with Gasteiger partial charge in [0.25, 0.3) is 0 Å². The minimum atomic E-state index is -1.36. The SMILES string of the molecule is CCOC(=O)[C@@H]1[C@H](c2ccc(OC)cc2)[C@H]2C(=O)NN=C2C[C@]1(C)O. The summed E-state index contributed by atoms with van der Waals surface area (Å²) in [6.45, 7) is 3.51. The molecule has 25 heavy (non-hydrogen) atoms. The Balaban J connectivity index is 2.09. The van der Waals surface area contributed by atoms with E-state index in [0.717, 1.165) is 5.56 Å². The molecule has 1 aromatic rings. The third kappa shape index (κ3) is 3.00. The maximum absolute atomic E-state index is 12.6. The fourth-order valence-corrected chi connectivity index (χ4v) is 3.84. The quantitative estimate of drug-likeness (QED) is 0.799. The molecule has 0 bridgehead atoms. The van der Waals surface area contributed by atoms with Crippen LogP contribution in [0, 0.1) is 11.8 Å². The number of esters is 1. The highest BCUT2D eigenvalue weighted by Crippen LogP contribution is 2.47. The molecule has 1 amide bonds. The van der Waals surface area contributed by atoms with Crippen LogP contribution in [0.15, 0.2) is 29.4 Å². The molecule has 1 heterocycles. The number of nitrogens with one attached hydrogen (secondary N) is 1. The van der Waals surface area contributed by atoms with E-state index in [1.807, 2.05) is 0 Å². The number of amides is 1. The molecule has 1 fully saturated rings. The lowest BCUT2D eigenvalue weighted by Gasteiger charge is -2.43. The van der Waals surface area contributed by atoms with Crippen LogP contribution in [0.3, 0.4) is 0 Å². The topological polar surface area (TPSA) is 97.2 Å². The van der Waals surface area contributed by atoms with Crippen LogP contribution in [0.25, 0.3) is 0 Å². The number of methoxy groups -OCH3 is 1. The summed E-state index contributed by atoms with van der Waals surface area (Å²) < 4.78 is 10.4. The van der Waals surface area contributed by atoms with Crippen LogP contribution < -0.4 is 10.2 Å². The molecule has 0 unspecified atom stereocenters. The van der Waals surface area contributed by atoms with E-state index in [1.165, 1.54) is 0 Å². The van der Waals surface area contributed by atoms with Gasteiger partial charge in [0.05, 0.1) is 36.9 Å². The molecule has 0 aromatic heterocycles. The first-order chi connectivity index (χ1) is 11.9. The van der Waals surface area contributed by atoms with Crippen molar-refractivity contribution in [1.82, 2.24) is 5.43 Å². The van der Waals surface area contributed by atoms with Crippen molar-refractivity contribution in [1.29, 1.82) is 0 Å². The molecule has 7 heteroatoms. The first-order valence-corrected chi connectivity index (χ1v) is 8.28. The maximum atomic E-state index is 12.6. The Kier molecular flexibility index (Phi) is 4.51. The zero-order valence-corrected chi connectivity index (χ0v) is 14.5. The summed E-state index contributed by atoms with van der Waals surface area (Å²) in [4.78, 5) is 25.0. The maximum Gasteiger partial charge on any atom is 0.312 e. The Morgan fingerprint density at radius 1 is 1.40 bits per heavy atom. The molecule has 2 aliphatic rings. The van der Waals surface area contributed by atoms with Gasteiger partial charge in [-0.05, 0) is 31.5 Å². The molecular formula is C18H22N2O5. The van der Waals surface area contributed by atoms with Gasteiger partial charge in [0.15, 0.2) is 0 Å².